The van der Waals surface area contributed by atoms with Crippen molar-refractivity contribution in [2.24, 2.45) is 0 Å². The monoisotopic (exact) mass is 257 g/mol. The fourth-order valence-electron chi connectivity index (χ4n) is 2.45. The van der Waals surface area contributed by atoms with Gasteiger partial charge in [0, 0.05) is 6.04 Å². The van der Waals surface area contributed by atoms with Gasteiger partial charge < -0.3 is 5.32 Å². The van der Waals surface area contributed by atoms with Crippen molar-refractivity contribution < 1.29 is 4.39 Å². The summed E-state index contributed by atoms with van der Waals surface area (Å²) in [4.78, 5) is 0. The average molecular weight is 257 g/mol. The highest BCUT2D eigenvalue weighted by atomic mass is 19.1. The third-order valence-corrected chi connectivity index (χ3v) is 3.62. The van der Waals surface area contributed by atoms with Gasteiger partial charge in [-0.2, -0.15) is 0 Å². The van der Waals surface area contributed by atoms with Crippen LogP contribution >= 0.6 is 0 Å². The molecule has 0 heterocycles. The molecule has 2 aromatic rings. The van der Waals surface area contributed by atoms with E-state index in [1.54, 1.807) is 6.07 Å². The molecular weight excluding hydrogens is 237 g/mol. The third-order valence-electron chi connectivity index (χ3n) is 3.62. The van der Waals surface area contributed by atoms with Crippen LogP contribution in [0.2, 0.25) is 0 Å². The van der Waals surface area contributed by atoms with Crippen molar-refractivity contribution in [1.82, 2.24) is 5.32 Å². The first-order chi connectivity index (χ1) is 9.17. The number of rotatable bonds is 4. The molecule has 0 saturated carbocycles. The number of hydrogen-bond acceptors (Lipinski definition) is 1. The predicted octanol–water partition coefficient (Wildman–Crippen LogP) is 4.47. The van der Waals surface area contributed by atoms with Crippen molar-refractivity contribution in [3.8, 4) is 11.1 Å². The molecular formula is C17H20FN. The van der Waals surface area contributed by atoms with Gasteiger partial charge in [-0.05, 0) is 54.8 Å². The molecule has 19 heavy (non-hydrogen) atoms. The molecule has 0 spiro atoms. The number of halogens is 1. The summed E-state index contributed by atoms with van der Waals surface area (Å²) in [6, 6.07) is 13.9. The Morgan fingerprint density at radius 3 is 2.58 bits per heavy atom. The molecule has 2 heteroatoms. The lowest BCUT2D eigenvalue weighted by Crippen LogP contribution is -2.15. The number of nitrogens with one attached hydrogen (secondary N) is 1. The van der Waals surface area contributed by atoms with Gasteiger partial charge in [0.15, 0.2) is 0 Å². The Morgan fingerprint density at radius 1 is 1.16 bits per heavy atom. The van der Waals surface area contributed by atoms with Crippen molar-refractivity contribution in [3.63, 3.8) is 0 Å². The van der Waals surface area contributed by atoms with Gasteiger partial charge in [0.05, 0.1) is 0 Å². The van der Waals surface area contributed by atoms with Crippen LogP contribution in [0.4, 0.5) is 4.39 Å². The van der Waals surface area contributed by atoms with Crippen LogP contribution in [-0.4, -0.2) is 7.05 Å². The topological polar surface area (TPSA) is 12.0 Å². The first-order valence-electron chi connectivity index (χ1n) is 6.70. The van der Waals surface area contributed by atoms with Crippen LogP contribution in [0.5, 0.6) is 0 Å². The van der Waals surface area contributed by atoms with Crippen molar-refractivity contribution in [2.45, 2.75) is 26.3 Å². The van der Waals surface area contributed by atoms with Gasteiger partial charge in [-0.1, -0.05) is 37.3 Å². The maximum atomic E-state index is 13.6. The molecule has 0 aliphatic heterocycles. The van der Waals surface area contributed by atoms with Crippen LogP contribution in [-0.2, 0) is 0 Å². The van der Waals surface area contributed by atoms with Gasteiger partial charge in [-0.25, -0.2) is 4.39 Å². The van der Waals surface area contributed by atoms with E-state index in [2.05, 4.69) is 24.4 Å². The lowest BCUT2D eigenvalue weighted by atomic mass is 9.96. The van der Waals surface area contributed by atoms with Crippen LogP contribution in [0, 0.1) is 12.7 Å². The lowest BCUT2D eigenvalue weighted by molar-refractivity contribution is 0.577. The first-order valence-corrected chi connectivity index (χ1v) is 6.70. The molecule has 2 aromatic carbocycles. The molecule has 0 fully saturated rings. The molecule has 2 rings (SSSR count). The maximum Gasteiger partial charge on any atom is 0.126 e. The summed E-state index contributed by atoms with van der Waals surface area (Å²) in [5.74, 6) is -0.149. The summed E-state index contributed by atoms with van der Waals surface area (Å²) in [6.45, 7) is 3.98. The third kappa shape index (κ3) is 2.85. The molecule has 0 amide bonds. The molecule has 0 aromatic heterocycles. The van der Waals surface area contributed by atoms with Gasteiger partial charge in [-0.15, -0.1) is 0 Å². The van der Waals surface area contributed by atoms with E-state index in [1.807, 2.05) is 32.2 Å². The van der Waals surface area contributed by atoms with Crippen LogP contribution in [0.1, 0.15) is 30.5 Å². The smallest absolute Gasteiger partial charge is 0.126 e. The summed E-state index contributed by atoms with van der Waals surface area (Å²) >= 11 is 0. The quantitative estimate of drug-likeness (QED) is 0.852. The zero-order chi connectivity index (χ0) is 13.8. The zero-order valence-corrected chi connectivity index (χ0v) is 11.7. The highest BCUT2D eigenvalue weighted by Crippen LogP contribution is 2.28. The Kier molecular flexibility index (Phi) is 4.33. The molecule has 1 N–H and O–H groups in total. The largest absolute Gasteiger partial charge is 0.313 e. The zero-order valence-electron chi connectivity index (χ0n) is 11.7. The Hall–Kier alpha value is -1.67. The second kappa shape index (κ2) is 5.98. The van der Waals surface area contributed by atoms with Gasteiger partial charge >= 0.3 is 0 Å². The number of hydrogen-bond donors (Lipinski definition) is 1. The standard InChI is InChI=1S/C17H20FN/c1-4-17(19-3)14-8-5-7-13(11-14)15-9-6-10-16(18)12(15)2/h5-11,17,19H,4H2,1-3H3. The molecule has 0 saturated heterocycles. The molecule has 1 nitrogen and oxygen atoms in total. The Morgan fingerprint density at radius 2 is 1.89 bits per heavy atom. The van der Waals surface area contributed by atoms with Crippen molar-refractivity contribution >= 4 is 0 Å². The average Bonchev–Trinajstić information content (AvgIpc) is 2.44. The van der Waals surface area contributed by atoms with E-state index in [-0.39, 0.29) is 5.82 Å². The van der Waals surface area contributed by atoms with E-state index >= 15 is 0 Å². The van der Waals surface area contributed by atoms with Crippen molar-refractivity contribution in [3.05, 3.63) is 59.4 Å². The molecule has 0 bridgehead atoms. The second-order valence-electron chi connectivity index (χ2n) is 4.79. The summed E-state index contributed by atoms with van der Waals surface area (Å²) in [6.07, 6.45) is 1.03. The molecule has 0 aliphatic carbocycles. The van der Waals surface area contributed by atoms with Gasteiger partial charge in [0.1, 0.15) is 5.82 Å². The fourth-order valence-corrected chi connectivity index (χ4v) is 2.45. The van der Waals surface area contributed by atoms with Crippen LogP contribution in [0.3, 0.4) is 0 Å². The highest BCUT2D eigenvalue weighted by molar-refractivity contribution is 5.68. The Bertz CT molecular complexity index is 559. The van der Waals surface area contributed by atoms with E-state index < -0.39 is 0 Å². The van der Waals surface area contributed by atoms with E-state index in [4.69, 9.17) is 0 Å². The lowest BCUT2D eigenvalue weighted by Gasteiger charge is -2.16. The second-order valence-corrected chi connectivity index (χ2v) is 4.79. The van der Waals surface area contributed by atoms with Crippen LogP contribution in [0.25, 0.3) is 11.1 Å². The minimum Gasteiger partial charge on any atom is -0.313 e. The molecule has 100 valence electrons. The van der Waals surface area contributed by atoms with Crippen molar-refractivity contribution in [1.29, 1.82) is 0 Å². The SMILES string of the molecule is CCC(NC)c1cccc(-c2cccc(F)c2C)c1. The van der Waals surface area contributed by atoms with E-state index in [0.717, 1.165) is 17.5 Å². The van der Waals surface area contributed by atoms with Crippen LogP contribution in [0.15, 0.2) is 42.5 Å². The van der Waals surface area contributed by atoms with Gasteiger partial charge in [0.2, 0.25) is 0 Å². The predicted molar refractivity (Wildman–Crippen MR) is 78.7 cm³/mol. The summed E-state index contributed by atoms with van der Waals surface area (Å²) in [5.41, 5.74) is 3.99. The Balaban J connectivity index is 2.46. The van der Waals surface area contributed by atoms with Gasteiger partial charge in [-0.3, -0.25) is 0 Å². The first kappa shape index (κ1) is 13.8. The summed E-state index contributed by atoms with van der Waals surface area (Å²) in [7, 11) is 1.97. The minimum absolute atomic E-state index is 0.149. The molecule has 1 unspecified atom stereocenters. The fraction of sp³-hybridized carbons (Fsp3) is 0.294. The Labute approximate surface area is 114 Å². The van der Waals surface area contributed by atoms with Crippen molar-refractivity contribution in [2.75, 3.05) is 7.05 Å². The minimum atomic E-state index is -0.149. The summed E-state index contributed by atoms with van der Waals surface area (Å²) < 4.78 is 13.6. The molecule has 0 radical (unpaired) electrons. The summed E-state index contributed by atoms with van der Waals surface area (Å²) in [5, 5.41) is 3.30. The highest BCUT2D eigenvalue weighted by Gasteiger charge is 2.10. The van der Waals surface area contributed by atoms with E-state index in [1.165, 1.54) is 11.6 Å². The van der Waals surface area contributed by atoms with Gasteiger partial charge in [0.25, 0.3) is 0 Å². The van der Waals surface area contributed by atoms with E-state index in [0.29, 0.717) is 11.6 Å². The van der Waals surface area contributed by atoms with Crippen LogP contribution < -0.4 is 5.32 Å². The molecule has 1 atom stereocenters. The maximum absolute atomic E-state index is 13.6. The molecule has 0 aliphatic rings. The number of benzene rings is 2. The normalized spacial score (nSPS) is 12.4. The van der Waals surface area contributed by atoms with E-state index in [9.17, 15) is 4.39 Å².